The number of halogens is 4. The summed E-state index contributed by atoms with van der Waals surface area (Å²) in [6, 6.07) is 6.02. The normalized spacial score (nSPS) is 21.8. The fourth-order valence-electron chi connectivity index (χ4n) is 6.68. The largest absolute Gasteiger partial charge is 0.416 e. The van der Waals surface area contributed by atoms with Gasteiger partial charge in [0.25, 0.3) is 10.0 Å². The number of carbonyl (C=O) groups excluding carboxylic acids is 1. The monoisotopic (exact) mass is 657 g/mol. The van der Waals surface area contributed by atoms with Crippen LogP contribution in [0, 0.1) is 11.2 Å². The van der Waals surface area contributed by atoms with Crippen LogP contribution < -0.4 is 0 Å². The molecule has 2 atom stereocenters. The van der Waals surface area contributed by atoms with E-state index in [9.17, 15) is 30.8 Å². The van der Waals surface area contributed by atoms with E-state index in [2.05, 4.69) is 20.3 Å². The third kappa shape index (κ3) is 5.04. The van der Waals surface area contributed by atoms with E-state index in [1.807, 2.05) is 0 Å². The first-order valence-electron chi connectivity index (χ1n) is 14.5. The van der Waals surface area contributed by atoms with Crippen LogP contribution in [0.1, 0.15) is 46.6 Å². The van der Waals surface area contributed by atoms with Gasteiger partial charge in [0.1, 0.15) is 11.5 Å². The van der Waals surface area contributed by atoms with Gasteiger partial charge in [-0.2, -0.15) is 32.5 Å². The highest BCUT2D eigenvalue weighted by molar-refractivity contribution is 7.89. The van der Waals surface area contributed by atoms with Gasteiger partial charge in [-0.25, -0.2) is 17.5 Å². The topological polar surface area (TPSA) is 125 Å². The molecule has 4 aromatic rings. The van der Waals surface area contributed by atoms with Gasteiger partial charge in [0.2, 0.25) is 5.03 Å². The molecule has 0 unspecified atom stereocenters. The lowest BCUT2D eigenvalue weighted by Crippen LogP contribution is -2.59. The van der Waals surface area contributed by atoms with E-state index in [0.717, 1.165) is 29.3 Å². The molecule has 0 radical (unpaired) electrons. The summed E-state index contributed by atoms with van der Waals surface area (Å²) in [6.45, 7) is 0.285. The highest BCUT2D eigenvalue weighted by atomic mass is 32.2. The van der Waals surface area contributed by atoms with Gasteiger partial charge in [0.05, 0.1) is 54.0 Å². The number of allylic oxidation sites excluding steroid dienone is 1. The Kier molecular flexibility index (Phi) is 7.21. The summed E-state index contributed by atoms with van der Waals surface area (Å²) in [5.74, 6) is -1.06. The maximum atomic E-state index is 14.5. The fraction of sp³-hybridized carbons (Fsp3) is 0.367. The van der Waals surface area contributed by atoms with Crippen molar-refractivity contribution in [3.63, 3.8) is 0 Å². The molecule has 0 bridgehead atoms. The molecule has 1 saturated heterocycles. The molecule has 46 heavy (non-hydrogen) atoms. The van der Waals surface area contributed by atoms with Crippen molar-refractivity contribution in [3.8, 4) is 5.69 Å². The molecule has 7 rings (SSSR count). The molecule has 3 aliphatic rings. The smallest absolute Gasteiger partial charge is 0.378 e. The van der Waals surface area contributed by atoms with E-state index >= 15 is 0 Å². The minimum atomic E-state index is -4.70. The van der Waals surface area contributed by atoms with Gasteiger partial charge in [0.15, 0.2) is 5.78 Å². The molecule has 1 aromatic carbocycles. The average Bonchev–Trinajstić information content (AvgIpc) is 3.63. The van der Waals surface area contributed by atoms with Crippen molar-refractivity contribution < 1.29 is 35.5 Å². The summed E-state index contributed by atoms with van der Waals surface area (Å²) < 4.78 is 91.1. The predicted octanol–water partition coefficient (Wildman–Crippen LogP) is 4.00. The number of nitrogens with zero attached hydrogens (tertiary/aromatic N) is 7. The first kappa shape index (κ1) is 30.4. The number of rotatable bonds is 7. The zero-order chi connectivity index (χ0) is 32.4. The van der Waals surface area contributed by atoms with Crippen LogP contribution in [0.4, 0.5) is 17.6 Å². The van der Waals surface area contributed by atoms with Gasteiger partial charge in [-0.3, -0.25) is 9.78 Å². The number of fused-ring (bicyclic) bond motifs is 2. The number of carbonyl (C=O) groups is 1. The van der Waals surface area contributed by atoms with Crippen molar-refractivity contribution in [2.45, 2.75) is 49.0 Å². The molecule has 4 heterocycles. The van der Waals surface area contributed by atoms with Crippen LogP contribution in [-0.2, 0) is 34.4 Å². The third-order valence-electron chi connectivity index (χ3n) is 8.92. The molecule has 1 aliphatic heterocycles. The molecule has 1 saturated carbocycles. The Morgan fingerprint density at radius 3 is 2.50 bits per heavy atom. The molecule has 11 nitrogen and oxygen atoms in total. The number of hydrogen-bond donors (Lipinski definition) is 0. The summed E-state index contributed by atoms with van der Waals surface area (Å²) in [6.07, 6.45) is 1.38. The molecule has 0 amide bonds. The standard InChI is InChI=1S/C30H27F4N7O4S/c1-39-36-15-27(38-39)46(43,44)41(24-16-45-17-24)23-5-2-19-11-26-18(14-37-40(26)22-6-3-21(31)4-7-22)12-29(19,13-23)28(42)25-10-20(8-9-35-25)30(32,33)34/h3-4,6-11,14-15,23-24H,2,5,12-13,16-17H2,1H3/t23-,29-/m0/s1. The summed E-state index contributed by atoms with van der Waals surface area (Å²) >= 11 is 0. The quantitative estimate of drug-likeness (QED) is 0.216. The molecule has 16 heteroatoms. The van der Waals surface area contributed by atoms with Crippen LogP contribution >= 0.6 is 0 Å². The maximum Gasteiger partial charge on any atom is 0.416 e. The number of ketones is 1. The van der Waals surface area contributed by atoms with Gasteiger partial charge in [-0.15, -0.1) is 5.10 Å². The number of alkyl halides is 3. The van der Waals surface area contributed by atoms with Crippen molar-refractivity contribution in [1.29, 1.82) is 0 Å². The van der Waals surface area contributed by atoms with Crippen LogP contribution in [0.25, 0.3) is 11.8 Å². The van der Waals surface area contributed by atoms with Crippen molar-refractivity contribution in [2.24, 2.45) is 12.5 Å². The number of aromatic nitrogens is 6. The molecule has 3 aromatic heterocycles. The fourth-order valence-corrected chi connectivity index (χ4v) is 8.38. The Hall–Kier alpha value is -4.28. The molecule has 0 spiro atoms. The highest BCUT2D eigenvalue weighted by Crippen LogP contribution is 2.52. The molecule has 240 valence electrons. The summed E-state index contributed by atoms with van der Waals surface area (Å²) in [5.41, 5.74) is -0.319. The number of pyridine rings is 1. The number of Topliss-reactive ketones (excluding diaryl/α,β-unsaturated/α-hetero) is 1. The average molecular weight is 658 g/mol. The molecule has 2 fully saturated rings. The lowest BCUT2D eigenvalue weighted by atomic mass is 9.60. The van der Waals surface area contributed by atoms with E-state index < -0.39 is 50.9 Å². The van der Waals surface area contributed by atoms with Gasteiger partial charge < -0.3 is 4.74 Å². The van der Waals surface area contributed by atoms with Crippen molar-refractivity contribution in [2.75, 3.05) is 13.2 Å². The van der Waals surface area contributed by atoms with Crippen LogP contribution in [0.3, 0.4) is 0 Å². The van der Waals surface area contributed by atoms with Gasteiger partial charge in [-0.05, 0) is 73.7 Å². The Morgan fingerprint density at radius 1 is 1.09 bits per heavy atom. The third-order valence-corrected chi connectivity index (χ3v) is 10.8. The Balaban J connectivity index is 1.34. The van der Waals surface area contributed by atoms with E-state index in [-0.39, 0.29) is 43.2 Å². The predicted molar refractivity (Wildman–Crippen MR) is 153 cm³/mol. The second kappa shape index (κ2) is 10.9. The van der Waals surface area contributed by atoms with Crippen LogP contribution in [0.2, 0.25) is 0 Å². The lowest BCUT2D eigenvalue weighted by Gasteiger charge is -2.49. The molecule has 0 N–H and O–H groups in total. The first-order chi connectivity index (χ1) is 21.9. The zero-order valence-corrected chi connectivity index (χ0v) is 25.2. The lowest BCUT2D eigenvalue weighted by molar-refractivity contribution is -0.137. The second-order valence-corrected chi connectivity index (χ2v) is 13.5. The SMILES string of the molecule is Cn1ncc(S(=O)(=O)N(C2COC2)[C@H]2CCC3=Cc4c(cnn4-c4ccc(F)cc4)C[C@]3(C(=O)c3cc(C(F)(F)F)ccn3)C2)n1. The van der Waals surface area contributed by atoms with Crippen molar-refractivity contribution >= 4 is 21.9 Å². The minimum Gasteiger partial charge on any atom is -0.378 e. The number of aryl methyl sites for hydroxylation is 1. The Labute approximate surface area is 260 Å². The first-order valence-corrected chi connectivity index (χ1v) is 15.9. The van der Waals surface area contributed by atoms with Crippen molar-refractivity contribution in [1.82, 2.24) is 34.1 Å². The van der Waals surface area contributed by atoms with Crippen LogP contribution in [0.5, 0.6) is 0 Å². The number of ether oxygens (including phenoxy) is 1. The highest BCUT2D eigenvalue weighted by Gasteiger charge is 2.54. The van der Waals surface area contributed by atoms with Crippen molar-refractivity contribution in [3.05, 3.63) is 88.9 Å². The number of hydrogen-bond acceptors (Lipinski definition) is 8. The van der Waals surface area contributed by atoms with Crippen LogP contribution in [0.15, 0.2) is 65.6 Å². The van der Waals surface area contributed by atoms with Gasteiger partial charge >= 0.3 is 6.18 Å². The van der Waals surface area contributed by atoms with Gasteiger partial charge in [-0.1, -0.05) is 5.57 Å². The van der Waals surface area contributed by atoms with E-state index in [4.69, 9.17) is 4.74 Å². The van der Waals surface area contributed by atoms with Gasteiger partial charge in [0, 0.05) is 19.3 Å². The summed E-state index contributed by atoms with van der Waals surface area (Å²) in [4.78, 5) is 19.7. The maximum absolute atomic E-state index is 14.5. The zero-order valence-electron chi connectivity index (χ0n) is 24.4. The molecular formula is C30H27F4N7O4S. The number of benzene rings is 1. The second-order valence-electron chi connectivity index (χ2n) is 11.7. The molecular weight excluding hydrogens is 630 g/mol. The van der Waals surface area contributed by atoms with E-state index in [1.54, 1.807) is 29.1 Å². The Morgan fingerprint density at radius 2 is 1.85 bits per heavy atom. The van der Waals surface area contributed by atoms with Crippen LogP contribution in [-0.4, -0.2) is 73.6 Å². The molecule has 2 aliphatic carbocycles. The minimum absolute atomic E-state index is 0.0211. The Bertz CT molecular complexity index is 1970. The summed E-state index contributed by atoms with van der Waals surface area (Å²) in [5, 5.41) is 12.2. The van der Waals surface area contributed by atoms with E-state index in [1.165, 1.54) is 23.5 Å². The van der Waals surface area contributed by atoms with E-state index in [0.29, 0.717) is 28.9 Å². The number of sulfonamides is 1. The summed E-state index contributed by atoms with van der Waals surface area (Å²) in [7, 11) is -2.71.